The fraction of sp³-hybridized carbons (Fsp3) is 0.571. The van der Waals surface area contributed by atoms with Crippen molar-refractivity contribution < 1.29 is 0 Å². The van der Waals surface area contributed by atoms with E-state index in [1.165, 1.54) is 24.8 Å². The van der Waals surface area contributed by atoms with Crippen LogP contribution in [0.5, 0.6) is 0 Å². The Balaban J connectivity index is 4.21. The summed E-state index contributed by atoms with van der Waals surface area (Å²) < 4.78 is 0. The Morgan fingerprint density at radius 3 is 2.43 bits per heavy atom. The van der Waals surface area contributed by atoms with Crippen LogP contribution in [0.15, 0.2) is 36.5 Å². The van der Waals surface area contributed by atoms with Gasteiger partial charge in [0.1, 0.15) is 0 Å². The van der Waals surface area contributed by atoms with E-state index in [0.29, 0.717) is 0 Å². The van der Waals surface area contributed by atoms with Gasteiger partial charge in [-0.15, -0.1) is 0 Å². The molecule has 0 aromatic heterocycles. The first-order valence-corrected chi connectivity index (χ1v) is 5.78. The average molecular weight is 192 g/mol. The first kappa shape index (κ1) is 13.2. The third-order valence-corrected chi connectivity index (χ3v) is 2.51. The van der Waals surface area contributed by atoms with Gasteiger partial charge < -0.3 is 0 Å². The molecule has 0 saturated carbocycles. The third kappa shape index (κ3) is 5.80. The van der Waals surface area contributed by atoms with Crippen LogP contribution in [-0.4, -0.2) is 0 Å². The van der Waals surface area contributed by atoms with E-state index in [-0.39, 0.29) is 0 Å². The van der Waals surface area contributed by atoms with Crippen molar-refractivity contribution in [2.24, 2.45) is 5.92 Å². The second-order valence-corrected chi connectivity index (χ2v) is 3.65. The van der Waals surface area contributed by atoms with Crippen LogP contribution in [0.3, 0.4) is 0 Å². The minimum atomic E-state index is 0.750. The predicted octanol–water partition coefficient (Wildman–Crippen LogP) is 4.89. The van der Waals surface area contributed by atoms with Crippen molar-refractivity contribution in [3.8, 4) is 0 Å². The molecular weight excluding hydrogens is 168 g/mol. The molecule has 0 amide bonds. The van der Waals surface area contributed by atoms with Crippen molar-refractivity contribution in [1.82, 2.24) is 0 Å². The standard InChI is InChI=1S/C14H24/c1-5-9-13(7-3)11-12-14(8-4)10-6-2/h5,9,11-12,14H,1,6-8,10H2,2-4H3/b12-11-,13-9-. The Morgan fingerprint density at radius 2 is 2.00 bits per heavy atom. The fourth-order valence-electron chi connectivity index (χ4n) is 1.51. The summed E-state index contributed by atoms with van der Waals surface area (Å²) in [5, 5.41) is 0. The van der Waals surface area contributed by atoms with Gasteiger partial charge in [0.2, 0.25) is 0 Å². The molecule has 1 atom stereocenters. The normalized spacial score (nSPS) is 14.6. The maximum absolute atomic E-state index is 3.72. The zero-order valence-electron chi connectivity index (χ0n) is 9.92. The van der Waals surface area contributed by atoms with Gasteiger partial charge >= 0.3 is 0 Å². The third-order valence-electron chi connectivity index (χ3n) is 2.51. The SMILES string of the molecule is C=C/C=C(\C=C/C(CC)CCC)CC. The molecule has 0 nitrogen and oxygen atoms in total. The Labute approximate surface area is 89.4 Å². The lowest BCUT2D eigenvalue weighted by Crippen LogP contribution is -1.93. The number of rotatable bonds is 7. The molecule has 0 rings (SSSR count). The lowest BCUT2D eigenvalue weighted by Gasteiger charge is -2.07. The van der Waals surface area contributed by atoms with Crippen LogP contribution in [0, 0.1) is 5.92 Å². The molecule has 0 aliphatic carbocycles. The highest BCUT2D eigenvalue weighted by Gasteiger charge is 1.99. The highest BCUT2D eigenvalue weighted by molar-refractivity contribution is 5.22. The van der Waals surface area contributed by atoms with Gasteiger partial charge in [-0.2, -0.15) is 0 Å². The molecule has 0 heterocycles. The topological polar surface area (TPSA) is 0 Å². The van der Waals surface area contributed by atoms with E-state index < -0.39 is 0 Å². The maximum Gasteiger partial charge on any atom is -0.0233 e. The first-order chi connectivity index (χ1) is 6.78. The molecule has 0 bridgehead atoms. The van der Waals surface area contributed by atoms with Gasteiger partial charge in [0.15, 0.2) is 0 Å². The van der Waals surface area contributed by atoms with E-state index >= 15 is 0 Å². The summed E-state index contributed by atoms with van der Waals surface area (Å²) in [5.74, 6) is 0.750. The van der Waals surface area contributed by atoms with Crippen LogP contribution < -0.4 is 0 Å². The van der Waals surface area contributed by atoms with E-state index in [1.54, 1.807) is 0 Å². The van der Waals surface area contributed by atoms with Gasteiger partial charge in [-0.1, -0.05) is 58.1 Å². The highest BCUT2D eigenvalue weighted by atomic mass is 14.0. The van der Waals surface area contributed by atoms with Crippen molar-refractivity contribution in [2.75, 3.05) is 0 Å². The van der Waals surface area contributed by atoms with Crippen LogP contribution in [0.2, 0.25) is 0 Å². The molecule has 0 aromatic carbocycles. The predicted molar refractivity (Wildman–Crippen MR) is 66.4 cm³/mol. The van der Waals surface area contributed by atoms with Crippen LogP contribution in [-0.2, 0) is 0 Å². The van der Waals surface area contributed by atoms with E-state index in [2.05, 4.69) is 45.6 Å². The first-order valence-electron chi connectivity index (χ1n) is 5.78. The average Bonchev–Trinajstić information content (AvgIpc) is 2.22. The lowest BCUT2D eigenvalue weighted by atomic mass is 9.99. The summed E-state index contributed by atoms with van der Waals surface area (Å²) in [7, 11) is 0. The van der Waals surface area contributed by atoms with E-state index in [4.69, 9.17) is 0 Å². The smallest absolute Gasteiger partial charge is 0.0233 e. The van der Waals surface area contributed by atoms with Crippen LogP contribution >= 0.6 is 0 Å². The molecule has 0 aliphatic heterocycles. The molecule has 0 fully saturated rings. The van der Waals surface area contributed by atoms with E-state index in [0.717, 1.165) is 12.3 Å². The number of allylic oxidation sites excluding steroid dienone is 5. The Morgan fingerprint density at radius 1 is 1.29 bits per heavy atom. The molecule has 0 saturated heterocycles. The molecule has 80 valence electrons. The summed E-state index contributed by atoms with van der Waals surface area (Å²) in [5.41, 5.74) is 1.37. The van der Waals surface area contributed by atoms with Crippen molar-refractivity contribution in [1.29, 1.82) is 0 Å². The van der Waals surface area contributed by atoms with Gasteiger partial charge in [0.25, 0.3) is 0 Å². The van der Waals surface area contributed by atoms with Crippen LogP contribution in [0.1, 0.15) is 46.5 Å². The quantitative estimate of drug-likeness (QED) is 0.504. The number of hydrogen-bond acceptors (Lipinski definition) is 0. The van der Waals surface area contributed by atoms with E-state index in [1.807, 2.05) is 6.08 Å². The van der Waals surface area contributed by atoms with Crippen molar-refractivity contribution >= 4 is 0 Å². The Hall–Kier alpha value is -0.780. The van der Waals surface area contributed by atoms with Gasteiger partial charge in [-0.3, -0.25) is 0 Å². The summed E-state index contributed by atoms with van der Waals surface area (Å²) in [6.07, 6.45) is 13.5. The van der Waals surface area contributed by atoms with Gasteiger partial charge in [-0.25, -0.2) is 0 Å². The highest BCUT2D eigenvalue weighted by Crippen LogP contribution is 2.14. The minimum absolute atomic E-state index is 0.750. The van der Waals surface area contributed by atoms with Crippen molar-refractivity contribution in [2.45, 2.75) is 46.5 Å². The zero-order valence-corrected chi connectivity index (χ0v) is 9.92. The Kier molecular flexibility index (Phi) is 8.31. The summed E-state index contributed by atoms with van der Waals surface area (Å²) in [6.45, 7) is 10.4. The van der Waals surface area contributed by atoms with Crippen molar-refractivity contribution in [3.63, 3.8) is 0 Å². The van der Waals surface area contributed by atoms with Crippen LogP contribution in [0.25, 0.3) is 0 Å². The second kappa shape index (κ2) is 8.80. The molecule has 0 N–H and O–H groups in total. The van der Waals surface area contributed by atoms with Gasteiger partial charge in [-0.05, 0) is 30.8 Å². The molecule has 0 aromatic rings. The lowest BCUT2D eigenvalue weighted by molar-refractivity contribution is 0.563. The second-order valence-electron chi connectivity index (χ2n) is 3.65. The zero-order chi connectivity index (χ0) is 10.8. The van der Waals surface area contributed by atoms with Crippen molar-refractivity contribution in [3.05, 3.63) is 36.5 Å². The van der Waals surface area contributed by atoms with Crippen LogP contribution in [0.4, 0.5) is 0 Å². The minimum Gasteiger partial charge on any atom is -0.0991 e. The summed E-state index contributed by atoms with van der Waals surface area (Å²) in [4.78, 5) is 0. The molecule has 14 heavy (non-hydrogen) atoms. The molecule has 0 heteroatoms. The molecule has 1 unspecified atom stereocenters. The summed E-state index contributed by atoms with van der Waals surface area (Å²) >= 11 is 0. The van der Waals surface area contributed by atoms with E-state index in [9.17, 15) is 0 Å². The fourth-order valence-corrected chi connectivity index (χ4v) is 1.51. The maximum atomic E-state index is 3.72. The van der Waals surface area contributed by atoms with Gasteiger partial charge in [0, 0.05) is 0 Å². The molecular formula is C14H24. The monoisotopic (exact) mass is 192 g/mol. The number of hydrogen-bond donors (Lipinski definition) is 0. The molecule has 0 radical (unpaired) electrons. The Bertz CT molecular complexity index is 196. The molecule has 0 spiro atoms. The van der Waals surface area contributed by atoms with Gasteiger partial charge in [0.05, 0.1) is 0 Å². The molecule has 0 aliphatic rings. The summed E-state index contributed by atoms with van der Waals surface area (Å²) in [6, 6.07) is 0. The largest absolute Gasteiger partial charge is 0.0991 e.